The van der Waals surface area contributed by atoms with Crippen LogP contribution in [0.2, 0.25) is 0 Å². The Morgan fingerprint density at radius 1 is 0.957 bits per heavy atom. The average molecular weight is 645 g/mol. The molecule has 0 spiro atoms. The first-order valence-corrected chi connectivity index (χ1v) is 16.9. The first-order chi connectivity index (χ1) is 22.1. The number of β-lactam (4-membered cyclic amide) rings is 1. The standard InChI is InChI=1S/C35H40N4O6S/c1-35(2,3)45-34(43)38-27-31(41)39-28(33(42)44-29(22-10-6-4-7-11-22)23-12-8-5-9-13-23)25(20-46-32(27)39)26(21-14-17-36-18-15-21)24-16-19-37-30(24)40/h4-13,21,27,29,32,36H,14-20H2,1-3H3,(H,37,40)(H,38,43)/t27-,32-/m1/s1. The second kappa shape index (κ2) is 13.3. The lowest BCUT2D eigenvalue weighted by Gasteiger charge is -2.50. The van der Waals surface area contributed by atoms with E-state index in [0.29, 0.717) is 29.9 Å². The van der Waals surface area contributed by atoms with E-state index < -0.39 is 41.1 Å². The Morgan fingerprint density at radius 2 is 1.59 bits per heavy atom. The molecule has 4 heterocycles. The normalized spacial score (nSPS) is 23.0. The van der Waals surface area contributed by atoms with Crippen molar-refractivity contribution >= 4 is 35.6 Å². The number of amides is 3. The first kappa shape index (κ1) is 31.9. The molecular weight excluding hydrogens is 604 g/mol. The summed E-state index contributed by atoms with van der Waals surface area (Å²) in [5, 5.41) is 8.51. The monoisotopic (exact) mass is 644 g/mol. The largest absolute Gasteiger partial charge is 0.448 e. The van der Waals surface area contributed by atoms with E-state index in [4.69, 9.17) is 9.47 Å². The number of allylic oxidation sites excluding steroid dienone is 1. The first-order valence-electron chi connectivity index (χ1n) is 15.8. The number of alkyl carbamates (subject to hydrolysis) is 1. The van der Waals surface area contributed by atoms with Gasteiger partial charge in [0.25, 0.3) is 5.91 Å². The van der Waals surface area contributed by atoms with E-state index in [2.05, 4.69) is 16.0 Å². The number of thioether (sulfide) groups is 1. The molecule has 0 bridgehead atoms. The van der Waals surface area contributed by atoms with Gasteiger partial charge in [-0.05, 0) is 81.3 Å². The van der Waals surface area contributed by atoms with Crippen molar-refractivity contribution < 1.29 is 28.7 Å². The van der Waals surface area contributed by atoms with Gasteiger partial charge in [-0.15, -0.1) is 11.8 Å². The zero-order valence-electron chi connectivity index (χ0n) is 26.3. The van der Waals surface area contributed by atoms with Crippen molar-refractivity contribution in [2.45, 2.75) is 63.2 Å². The van der Waals surface area contributed by atoms with E-state index >= 15 is 0 Å². The van der Waals surface area contributed by atoms with Gasteiger partial charge in [0.15, 0.2) is 6.10 Å². The number of carbonyl (C=O) groups is 4. The molecule has 3 saturated heterocycles. The quantitative estimate of drug-likeness (QED) is 0.233. The van der Waals surface area contributed by atoms with E-state index in [0.717, 1.165) is 42.6 Å². The highest BCUT2D eigenvalue weighted by Crippen LogP contribution is 2.46. The molecule has 4 aliphatic heterocycles. The van der Waals surface area contributed by atoms with Gasteiger partial charge in [-0.3, -0.25) is 14.5 Å². The number of hydrogen-bond acceptors (Lipinski definition) is 8. The number of ether oxygens (including phenoxy) is 2. The van der Waals surface area contributed by atoms with Crippen LogP contribution in [-0.4, -0.2) is 71.2 Å². The number of nitrogens with one attached hydrogen (secondary N) is 3. The van der Waals surface area contributed by atoms with Crippen LogP contribution in [0.5, 0.6) is 0 Å². The Hall–Kier alpha value is -4.09. The summed E-state index contributed by atoms with van der Waals surface area (Å²) in [6.07, 6.45) is 0.733. The van der Waals surface area contributed by atoms with Gasteiger partial charge in [-0.2, -0.15) is 0 Å². The maximum Gasteiger partial charge on any atom is 0.408 e. The van der Waals surface area contributed by atoms with Gasteiger partial charge in [0.1, 0.15) is 22.7 Å². The number of rotatable bonds is 7. The molecule has 46 heavy (non-hydrogen) atoms. The summed E-state index contributed by atoms with van der Waals surface area (Å²) in [5.74, 6) is -0.780. The lowest BCUT2D eigenvalue weighted by Crippen LogP contribution is -2.71. The molecule has 0 saturated carbocycles. The summed E-state index contributed by atoms with van der Waals surface area (Å²) < 4.78 is 11.8. The zero-order valence-corrected chi connectivity index (χ0v) is 27.2. The van der Waals surface area contributed by atoms with Gasteiger partial charge in [0.2, 0.25) is 5.91 Å². The number of esters is 1. The SMILES string of the molecule is CC(C)(C)OC(=O)N[C@@H]1C(=O)N2C(C(=O)OC(c3ccccc3)c3ccccc3)=C(C(=C3CCNC3=O)C3CCNCC3)CS[C@H]12. The average Bonchev–Trinajstić information content (AvgIpc) is 3.47. The summed E-state index contributed by atoms with van der Waals surface area (Å²) in [6, 6.07) is 18.1. The summed E-state index contributed by atoms with van der Waals surface area (Å²) in [6.45, 7) is 7.38. The van der Waals surface area contributed by atoms with Crippen LogP contribution in [0.25, 0.3) is 0 Å². The Labute approximate surface area is 273 Å². The molecule has 2 aromatic carbocycles. The molecule has 6 rings (SSSR count). The van der Waals surface area contributed by atoms with Crippen molar-refractivity contribution in [3.05, 3.63) is 94.2 Å². The summed E-state index contributed by atoms with van der Waals surface area (Å²) in [7, 11) is 0. The lowest BCUT2D eigenvalue weighted by molar-refractivity contribution is -0.153. The fourth-order valence-electron chi connectivity index (χ4n) is 6.56. The van der Waals surface area contributed by atoms with Crippen molar-refractivity contribution in [1.29, 1.82) is 0 Å². The van der Waals surface area contributed by atoms with Crippen LogP contribution < -0.4 is 16.0 Å². The number of carbonyl (C=O) groups excluding carboxylic acids is 4. The van der Waals surface area contributed by atoms with E-state index in [9.17, 15) is 19.2 Å². The number of piperidine rings is 1. The van der Waals surface area contributed by atoms with Crippen LogP contribution in [0.3, 0.4) is 0 Å². The third kappa shape index (κ3) is 6.57. The topological polar surface area (TPSA) is 126 Å². The maximum atomic E-state index is 14.6. The molecule has 11 heteroatoms. The summed E-state index contributed by atoms with van der Waals surface area (Å²) in [4.78, 5) is 55.7. The van der Waals surface area contributed by atoms with Crippen LogP contribution in [0.1, 0.15) is 57.3 Å². The molecule has 0 aliphatic carbocycles. The van der Waals surface area contributed by atoms with Gasteiger partial charge >= 0.3 is 12.1 Å². The molecule has 0 aromatic heterocycles. The van der Waals surface area contributed by atoms with Gasteiger partial charge in [-0.1, -0.05) is 60.7 Å². The Morgan fingerprint density at radius 3 is 2.15 bits per heavy atom. The molecule has 3 amide bonds. The van der Waals surface area contributed by atoms with Gasteiger partial charge in [0, 0.05) is 17.9 Å². The smallest absolute Gasteiger partial charge is 0.408 e. The fourth-order valence-corrected chi connectivity index (χ4v) is 7.92. The summed E-state index contributed by atoms with van der Waals surface area (Å²) >= 11 is 1.47. The van der Waals surface area contributed by atoms with Crippen LogP contribution in [0, 0.1) is 5.92 Å². The number of benzene rings is 2. The molecule has 0 unspecified atom stereocenters. The van der Waals surface area contributed by atoms with Crippen LogP contribution in [0.15, 0.2) is 83.1 Å². The van der Waals surface area contributed by atoms with Crippen molar-refractivity contribution in [3.8, 4) is 0 Å². The van der Waals surface area contributed by atoms with Gasteiger partial charge in [0.05, 0.1) is 0 Å². The van der Waals surface area contributed by atoms with Crippen LogP contribution in [-0.2, 0) is 23.9 Å². The third-order valence-electron chi connectivity index (χ3n) is 8.60. The van der Waals surface area contributed by atoms with Gasteiger partial charge < -0.3 is 25.4 Å². The highest BCUT2D eigenvalue weighted by atomic mass is 32.2. The van der Waals surface area contributed by atoms with Gasteiger partial charge in [-0.25, -0.2) is 9.59 Å². The highest BCUT2D eigenvalue weighted by molar-refractivity contribution is 8.00. The Kier molecular flexibility index (Phi) is 9.24. The molecular formula is C35H40N4O6S. The van der Waals surface area contributed by atoms with Crippen molar-refractivity contribution in [2.75, 3.05) is 25.4 Å². The lowest BCUT2D eigenvalue weighted by atomic mass is 9.81. The third-order valence-corrected chi connectivity index (χ3v) is 9.88. The minimum atomic E-state index is -0.868. The molecule has 2 aromatic rings. The van der Waals surface area contributed by atoms with E-state index in [1.54, 1.807) is 20.8 Å². The van der Waals surface area contributed by atoms with E-state index in [-0.39, 0.29) is 17.5 Å². The van der Waals surface area contributed by atoms with Crippen LogP contribution in [0.4, 0.5) is 4.79 Å². The number of fused-ring (bicyclic) bond motifs is 1. The molecule has 3 fully saturated rings. The zero-order chi connectivity index (χ0) is 32.4. The second-order valence-electron chi connectivity index (χ2n) is 12.9. The summed E-state index contributed by atoms with van der Waals surface area (Å²) in [5.41, 5.74) is 3.17. The molecule has 2 atom stereocenters. The molecule has 3 N–H and O–H groups in total. The van der Waals surface area contributed by atoms with Crippen LogP contribution >= 0.6 is 11.8 Å². The predicted octanol–water partition coefficient (Wildman–Crippen LogP) is 4.20. The molecule has 242 valence electrons. The van der Waals surface area contributed by atoms with Crippen molar-refractivity contribution in [3.63, 3.8) is 0 Å². The highest BCUT2D eigenvalue weighted by Gasteiger charge is 2.56. The maximum absolute atomic E-state index is 14.6. The minimum Gasteiger partial charge on any atom is -0.448 e. The molecule has 10 nitrogen and oxygen atoms in total. The fraction of sp³-hybridized carbons (Fsp3) is 0.429. The molecule has 0 radical (unpaired) electrons. The number of nitrogens with zero attached hydrogens (tertiary/aromatic N) is 1. The molecule has 4 aliphatic rings. The van der Waals surface area contributed by atoms with Crippen molar-refractivity contribution in [1.82, 2.24) is 20.9 Å². The Balaban J connectivity index is 1.42. The minimum absolute atomic E-state index is 0.0427. The van der Waals surface area contributed by atoms with E-state index in [1.165, 1.54) is 16.7 Å². The second-order valence-corrected chi connectivity index (χ2v) is 14.0. The number of hydrogen-bond donors (Lipinski definition) is 3. The van der Waals surface area contributed by atoms with Crippen molar-refractivity contribution in [2.24, 2.45) is 5.92 Å². The Bertz CT molecular complexity index is 1520. The van der Waals surface area contributed by atoms with E-state index in [1.807, 2.05) is 60.7 Å². The predicted molar refractivity (Wildman–Crippen MR) is 174 cm³/mol.